The summed E-state index contributed by atoms with van der Waals surface area (Å²) in [4.78, 5) is 0.309. The number of thiophene rings is 1. The second kappa shape index (κ2) is 5.45. The Kier molecular flexibility index (Phi) is 4.05. The summed E-state index contributed by atoms with van der Waals surface area (Å²) < 4.78 is 59.4. The number of halogens is 3. The Morgan fingerprint density at radius 3 is 2.25 bits per heavy atom. The van der Waals surface area contributed by atoms with E-state index in [1.54, 1.807) is 11.3 Å². The highest BCUT2D eigenvalue weighted by Crippen LogP contribution is 2.30. The van der Waals surface area contributed by atoms with Crippen LogP contribution in [-0.2, 0) is 16.4 Å². The van der Waals surface area contributed by atoms with Gasteiger partial charge < -0.3 is 5.32 Å². The molecular formula is C12H10F3NO2S2. The Hall–Kier alpha value is -1.54. The fourth-order valence-corrected chi connectivity index (χ4v) is 2.89. The molecule has 0 saturated carbocycles. The van der Waals surface area contributed by atoms with Gasteiger partial charge in [0, 0.05) is 17.1 Å². The average molecular weight is 321 g/mol. The van der Waals surface area contributed by atoms with Crippen molar-refractivity contribution in [2.75, 3.05) is 5.32 Å². The van der Waals surface area contributed by atoms with Crippen molar-refractivity contribution < 1.29 is 21.6 Å². The van der Waals surface area contributed by atoms with Crippen LogP contribution in [0.2, 0.25) is 0 Å². The largest absolute Gasteiger partial charge is 0.501 e. The summed E-state index contributed by atoms with van der Waals surface area (Å²) in [5.41, 5.74) is -4.72. The standard InChI is InChI=1S/C12H10F3NO2S2/c13-12(14,15)20(17,18)11-5-3-9(4-6-11)16-8-10-2-1-7-19-10/h1-7,16H,8H2. The second-order valence-corrected chi connectivity index (χ2v) is 6.88. The minimum atomic E-state index is -5.28. The number of nitrogens with one attached hydrogen (secondary N) is 1. The molecule has 0 atom stereocenters. The quantitative estimate of drug-likeness (QED) is 0.935. The Labute approximate surface area is 118 Å². The van der Waals surface area contributed by atoms with Crippen molar-refractivity contribution in [2.24, 2.45) is 0 Å². The maximum absolute atomic E-state index is 12.4. The molecule has 1 heterocycles. The molecule has 0 amide bonds. The maximum Gasteiger partial charge on any atom is 0.501 e. The van der Waals surface area contributed by atoms with Gasteiger partial charge in [0.25, 0.3) is 9.84 Å². The van der Waals surface area contributed by atoms with E-state index in [1.807, 2.05) is 17.5 Å². The van der Waals surface area contributed by atoms with E-state index in [4.69, 9.17) is 0 Å². The van der Waals surface area contributed by atoms with Gasteiger partial charge in [0.05, 0.1) is 4.90 Å². The molecule has 0 spiro atoms. The molecule has 20 heavy (non-hydrogen) atoms. The van der Waals surface area contributed by atoms with Crippen LogP contribution in [0, 0.1) is 0 Å². The van der Waals surface area contributed by atoms with Crippen LogP contribution in [0.4, 0.5) is 18.9 Å². The zero-order valence-corrected chi connectivity index (χ0v) is 11.6. The van der Waals surface area contributed by atoms with E-state index in [0.717, 1.165) is 17.0 Å². The van der Waals surface area contributed by atoms with Gasteiger partial charge >= 0.3 is 5.51 Å². The molecule has 0 fully saturated rings. The molecular weight excluding hydrogens is 311 g/mol. The van der Waals surface area contributed by atoms with E-state index in [2.05, 4.69) is 5.32 Å². The van der Waals surface area contributed by atoms with E-state index in [9.17, 15) is 21.6 Å². The summed E-state index contributed by atoms with van der Waals surface area (Å²) >= 11 is 1.55. The summed E-state index contributed by atoms with van der Waals surface area (Å²) in [6.07, 6.45) is 0. The SMILES string of the molecule is O=S(=O)(c1ccc(NCc2cccs2)cc1)C(F)(F)F. The van der Waals surface area contributed by atoms with Crippen molar-refractivity contribution in [1.29, 1.82) is 0 Å². The van der Waals surface area contributed by atoms with Crippen molar-refractivity contribution >= 4 is 26.9 Å². The molecule has 0 radical (unpaired) electrons. The van der Waals surface area contributed by atoms with Crippen LogP contribution in [0.3, 0.4) is 0 Å². The van der Waals surface area contributed by atoms with Gasteiger partial charge in [-0.15, -0.1) is 11.3 Å². The first-order valence-electron chi connectivity index (χ1n) is 5.48. The summed E-state index contributed by atoms with van der Waals surface area (Å²) in [5, 5.41) is 4.91. The van der Waals surface area contributed by atoms with Crippen LogP contribution in [0.5, 0.6) is 0 Å². The summed E-state index contributed by atoms with van der Waals surface area (Å²) in [6.45, 7) is 0.531. The highest BCUT2D eigenvalue weighted by Gasteiger charge is 2.46. The fourth-order valence-electron chi connectivity index (χ4n) is 1.49. The Bertz CT molecular complexity index is 662. The summed E-state index contributed by atoms with van der Waals surface area (Å²) in [5.74, 6) is 0. The highest BCUT2D eigenvalue weighted by atomic mass is 32.2. The lowest BCUT2D eigenvalue weighted by Gasteiger charge is -2.09. The van der Waals surface area contributed by atoms with Crippen LogP contribution >= 0.6 is 11.3 Å². The Morgan fingerprint density at radius 1 is 1.10 bits per heavy atom. The number of benzene rings is 1. The van der Waals surface area contributed by atoms with Crippen molar-refractivity contribution in [3.05, 3.63) is 46.7 Å². The summed E-state index contributed by atoms with van der Waals surface area (Å²) in [6, 6.07) is 8.32. The summed E-state index contributed by atoms with van der Waals surface area (Å²) in [7, 11) is -5.28. The van der Waals surface area contributed by atoms with E-state index in [1.165, 1.54) is 12.1 Å². The zero-order valence-electron chi connectivity index (χ0n) is 10.0. The van der Waals surface area contributed by atoms with Gasteiger partial charge in [-0.3, -0.25) is 0 Å². The van der Waals surface area contributed by atoms with E-state index >= 15 is 0 Å². The Morgan fingerprint density at radius 2 is 1.75 bits per heavy atom. The second-order valence-electron chi connectivity index (χ2n) is 3.91. The lowest BCUT2D eigenvalue weighted by atomic mass is 10.3. The zero-order chi connectivity index (χ0) is 14.8. The topological polar surface area (TPSA) is 46.2 Å². The van der Waals surface area contributed by atoms with E-state index in [-0.39, 0.29) is 0 Å². The van der Waals surface area contributed by atoms with Gasteiger partial charge in [-0.25, -0.2) is 8.42 Å². The van der Waals surface area contributed by atoms with Crippen molar-refractivity contribution in [2.45, 2.75) is 16.9 Å². The normalized spacial score (nSPS) is 12.3. The van der Waals surface area contributed by atoms with E-state index < -0.39 is 20.2 Å². The third-order valence-electron chi connectivity index (χ3n) is 2.52. The molecule has 2 rings (SSSR count). The van der Waals surface area contributed by atoms with Crippen LogP contribution in [0.15, 0.2) is 46.7 Å². The third kappa shape index (κ3) is 3.13. The predicted molar refractivity (Wildman–Crippen MR) is 71.3 cm³/mol. The molecule has 108 valence electrons. The number of anilines is 1. The van der Waals surface area contributed by atoms with Gasteiger partial charge in [0.1, 0.15) is 0 Å². The molecule has 1 N–H and O–H groups in total. The third-order valence-corrected chi connectivity index (χ3v) is 4.89. The van der Waals surface area contributed by atoms with Gasteiger partial charge in [0.15, 0.2) is 0 Å². The molecule has 2 aromatic rings. The maximum atomic E-state index is 12.4. The molecule has 0 saturated heterocycles. The highest BCUT2D eigenvalue weighted by molar-refractivity contribution is 7.92. The monoisotopic (exact) mass is 321 g/mol. The van der Waals surface area contributed by atoms with Crippen LogP contribution in [0.25, 0.3) is 0 Å². The molecule has 0 aliphatic heterocycles. The van der Waals surface area contributed by atoms with Gasteiger partial charge in [-0.2, -0.15) is 13.2 Å². The lowest BCUT2D eigenvalue weighted by molar-refractivity contribution is -0.0436. The number of hydrogen-bond donors (Lipinski definition) is 1. The van der Waals surface area contributed by atoms with Crippen molar-refractivity contribution in [1.82, 2.24) is 0 Å². The van der Waals surface area contributed by atoms with Gasteiger partial charge in [0.2, 0.25) is 0 Å². The first kappa shape index (κ1) is 14.9. The molecule has 0 aliphatic rings. The first-order valence-corrected chi connectivity index (χ1v) is 7.84. The average Bonchev–Trinajstić information content (AvgIpc) is 2.88. The minimum absolute atomic E-state index is 0.531. The number of hydrogen-bond acceptors (Lipinski definition) is 4. The number of sulfone groups is 1. The molecule has 8 heteroatoms. The molecule has 1 aromatic heterocycles. The molecule has 1 aromatic carbocycles. The smallest absolute Gasteiger partial charge is 0.380 e. The lowest BCUT2D eigenvalue weighted by Crippen LogP contribution is -2.23. The van der Waals surface area contributed by atoms with Crippen molar-refractivity contribution in [3.8, 4) is 0 Å². The number of rotatable bonds is 4. The Balaban J connectivity index is 2.11. The molecule has 3 nitrogen and oxygen atoms in total. The van der Waals surface area contributed by atoms with Crippen molar-refractivity contribution in [3.63, 3.8) is 0 Å². The van der Waals surface area contributed by atoms with Gasteiger partial charge in [-0.05, 0) is 35.7 Å². The fraction of sp³-hybridized carbons (Fsp3) is 0.167. The van der Waals surface area contributed by atoms with Gasteiger partial charge in [-0.1, -0.05) is 6.07 Å². The molecule has 0 aliphatic carbocycles. The van der Waals surface area contributed by atoms with E-state index in [0.29, 0.717) is 12.2 Å². The predicted octanol–water partition coefficient (Wildman–Crippen LogP) is 3.65. The number of alkyl halides is 3. The molecule has 0 unspecified atom stereocenters. The first-order chi connectivity index (χ1) is 9.30. The minimum Gasteiger partial charge on any atom is -0.380 e. The van der Waals surface area contributed by atoms with Crippen LogP contribution in [-0.4, -0.2) is 13.9 Å². The molecule has 0 bridgehead atoms. The van der Waals surface area contributed by atoms with Crippen LogP contribution < -0.4 is 5.32 Å². The van der Waals surface area contributed by atoms with Crippen LogP contribution in [0.1, 0.15) is 4.88 Å².